The molecule has 7 heteroatoms. The number of imidazole rings is 1. The molecule has 3 rings (SSSR count). The van der Waals surface area contributed by atoms with Crippen LogP contribution in [0.3, 0.4) is 0 Å². The monoisotopic (exact) mass is 307 g/mol. The molecule has 21 heavy (non-hydrogen) atoms. The van der Waals surface area contributed by atoms with Gasteiger partial charge >= 0.3 is 0 Å². The summed E-state index contributed by atoms with van der Waals surface area (Å²) in [7, 11) is 0. The van der Waals surface area contributed by atoms with Gasteiger partial charge in [0.1, 0.15) is 5.82 Å². The van der Waals surface area contributed by atoms with E-state index in [0.29, 0.717) is 23.9 Å². The molecular formula is C14H18ClN5O. The highest BCUT2D eigenvalue weighted by Crippen LogP contribution is 2.24. The van der Waals surface area contributed by atoms with Crippen molar-refractivity contribution < 1.29 is 4.79 Å². The van der Waals surface area contributed by atoms with E-state index >= 15 is 0 Å². The van der Waals surface area contributed by atoms with Gasteiger partial charge in [-0.05, 0) is 12.8 Å². The van der Waals surface area contributed by atoms with Crippen LogP contribution < -0.4 is 0 Å². The lowest BCUT2D eigenvalue weighted by molar-refractivity contribution is -0.132. The number of hydrogen-bond donors (Lipinski definition) is 1. The van der Waals surface area contributed by atoms with Crippen LogP contribution in [0.5, 0.6) is 0 Å². The summed E-state index contributed by atoms with van der Waals surface area (Å²) in [6, 6.07) is 0. The van der Waals surface area contributed by atoms with Gasteiger partial charge < -0.3 is 9.88 Å². The molecule has 1 N–H and O–H groups in total. The standard InChI is InChI=1S/C14H18ClN5O/c15-12-8-18-20(10-12)7-3-13(21)19-6-1-2-11(9-19)14-16-4-5-17-14/h4-5,8,10-11H,1-3,6-7,9H2,(H,16,17)/t11-/m0/s1. The average Bonchev–Trinajstić information content (AvgIpc) is 3.16. The third-order valence-electron chi connectivity index (χ3n) is 3.84. The summed E-state index contributed by atoms with van der Waals surface area (Å²) >= 11 is 5.81. The molecule has 0 saturated carbocycles. The Morgan fingerprint density at radius 1 is 1.52 bits per heavy atom. The van der Waals surface area contributed by atoms with Crippen LogP contribution in [0, 0.1) is 0 Å². The Bertz CT molecular complexity index is 594. The van der Waals surface area contributed by atoms with Gasteiger partial charge in [-0.3, -0.25) is 9.48 Å². The zero-order valence-electron chi connectivity index (χ0n) is 11.7. The predicted molar refractivity (Wildman–Crippen MR) is 79.0 cm³/mol. The molecule has 2 aromatic heterocycles. The van der Waals surface area contributed by atoms with Gasteiger partial charge in [0.25, 0.3) is 0 Å². The van der Waals surface area contributed by atoms with Crippen LogP contribution in [0.15, 0.2) is 24.8 Å². The van der Waals surface area contributed by atoms with Crippen LogP contribution in [-0.2, 0) is 11.3 Å². The maximum Gasteiger partial charge on any atom is 0.224 e. The molecule has 2 aromatic rings. The van der Waals surface area contributed by atoms with Crippen LogP contribution >= 0.6 is 11.6 Å². The summed E-state index contributed by atoms with van der Waals surface area (Å²) in [4.78, 5) is 21.7. The number of amides is 1. The molecule has 3 heterocycles. The van der Waals surface area contributed by atoms with Gasteiger partial charge in [0, 0.05) is 50.6 Å². The lowest BCUT2D eigenvalue weighted by Gasteiger charge is -2.32. The Labute approximate surface area is 128 Å². The Balaban J connectivity index is 1.54. The van der Waals surface area contributed by atoms with Crippen LogP contribution in [0.2, 0.25) is 5.02 Å². The van der Waals surface area contributed by atoms with E-state index in [2.05, 4.69) is 15.1 Å². The fourth-order valence-corrected chi connectivity index (χ4v) is 2.91. The number of aromatic amines is 1. The molecular weight excluding hydrogens is 290 g/mol. The third kappa shape index (κ3) is 3.44. The zero-order valence-corrected chi connectivity index (χ0v) is 12.5. The van der Waals surface area contributed by atoms with Crippen LogP contribution in [0.25, 0.3) is 0 Å². The second-order valence-corrected chi connectivity index (χ2v) is 5.76. The van der Waals surface area contributed by atoms with Crippen molar-refractivity contribution in [1.82, 2.24) is 24.6 Å². The third-order valence-corrected chi connectivity index (χ3v) is 4.03. The van der Waals surface area contributed by atoms with Gasteiger partial charge in [-0.1, -0.05) is 11.6 Å². The fourth-order valence-electron chi connectivity index (χ4n) is 2.76. The molecule has 112 valence electrons. The quantitative estimate of drug-likeness (QED) is 0.940. The number of likely N-dealkylation sites (tertiary alicyclic amines) is 1. The number of aromatic nitrogens is 4. The number of halogens is 1. The number of carbonyl (C=O) groups excluding carboxylic acids is 1. The van der Waals surface area contributed by atoms with Gasteiger partial charge in [-0.25, -0.2) is 4.98 Å². The minimum Gasteiger partial charge on any atom is -0.348 e. The second kappa shape index (κ2) is 6.30. The molecule has 1 atom stereocenters. The van der Waals surface area contributed by atoms with Gasteiger partial charge in [0.15, 0.2) is 0 Å². The van der Waals surface area contributed by atoms with Gasteiger partial charge in [0.05, 0.1) is 11.2 Å². The molecule has 0 unspecified atom stereocenters. The van der Waals surface area contributed by atoms with E-state index in [1.165, 1.54) is 0 Å². The summed E-state index contributed by atoms with van der Waals surface area (Å²) in [5.41, 5.74) is 0. The fraction of sp³-hybridized carbons (Fsp3) is 0.500. The van der Waals surface area contributed by atoms with Crippen LogP contribution in [0.1, 0.15) is 31.0 Å². The highest BCUT2D eigenvalue weighted by molar-refractivity contribution is 6.30. The first kappa shape index (κ1) is 14.1. The van der Waals surface area contributed by atoms with Crippen molar-refractivity contribution in [2.75, 3.05) is 13.1 Å². The molecule has 1 saturated heterocycles. The molecule has 1 aliphatic heterocycles. The smallest absolute Gasteiger partial charge is 0.224 e. The molecule has 0 aliphatic carbocycles. The maximum absolute atomic E-state index is 12.3. The predicted octanol–water partition coefficient (Wildman–Crippen LogP) is 2.06. The van der Waals surface area contributed by atoms with E-state index in [-0.39, 0.29) is 5.91 Å². The molecule has 0 bridgehead atoms. The van der Waals surface area contributed by atoms with E-state index in [4.69, 9.17) is 11.6 Å². The number of H-pyrrole nitrogens is 1. The van der Waals surface area contributed by atoms with E-state index in [9.17, 15) is 4.79 Å². The van der Waals surface area contributed by atoms with Gasteiger partial charge in [-0.15, -0.1) is 0 Å². The SMILES string of the molecule is O=C(CCn1cc(Cl)cn1)N1CCC[C@H](c2ncc[nH]2)C1. The first-order valence-corrected chi connectivity index (χ1v) is 7.55. The van der Waals surface area contributed by atoms with Gasteiger partial charge in [-0.2, -0.15) is 5.10 Å². The second-order valence-electron chi connectivity index (χ2n) is 5.32. The number of aryl methyl sites for hydroxylation is 1. The first-order valence-electron chi connectivity index (χ1n) is 7.17. The molecule has 1 aliphatic rings. The molecule has 1 fully saturated rings. The summed E-state index contributed by atoms with van der Waals surface area (Å²) in [5, 5.41) is 4.68. The van der Waals surface area contributed by atoms with Crippen molar-refractivity contribution in [3.63, 3.8) is 0 Å². The van der Waals surface area contributed by atoms with Crippen molar-refractivity contribution in [3.05, 3.63) is 35.6 Å². The number of nitrogens with zero attached hydrogens (tertiary/aromatic N) is 4. The molecule has 6 nitrogen and oxygen atoms in total. The van der Waals surface area contributed by atoms with Crippen molar-refractivity contribution >= 4 is 17.5 Å². The molecule has 1 amide bonds. The summed E-state index contributed by atoms with van der Waals surface area (Å²) in [5.74, 6) is 1.46. The zero-order chi connectivity index (χ0) is 14.7. The average molecular weight is 308 g/mol. The highest BCUT2D eigenvalue weighted by atomic mass is 35.5. The molecule has 0 spiro atoms. The Kier molecular flexibility index (Phi) is 4.24. The van der Waals surface area contributed by atoms with E-state index < -0.39 is 0 Å². The lowest BCUT2D eigenvalue weighted by atomic mass is 9.97. The first-order chi connectivity index (χ1) is 10.2. The molecule has 0 aromatic carbocycles. The van der Waals surface area contributed by atoms with E-state index in [1.807, 2.05) is 11.1 Å². The summed E-state index contributed by atoms with van der Waals surface area (Å²) < 4.78 is 1.70. The topological polar surface area (TPSA) is 66.8 Å². The number of rotatable bonds is 4. The number of nitrogens with one attached hydrogen (secondary N) is 1. The number of hydrogen-bond acceptors (Lipinski definition) is 3. The minimum absolute atomic E-state index is 0.165. The van der Waals surface area contributed by atoms with E-state index in [0.717, 1.165) is 31.8 Å². The molecule has 0 radical (unpaired) electrons. The summed E-state index contributed by atoms with van der Waals surface area (Å²) in [6.45, 7) is 2.13. The van der Waals surface area contributed by atoms with Crippen LogP contribution in [0.4, 0.5) is 0 Å². The maximum atomic E-state index is 12.3. The van der Waals surface area contributed by atoms with Crippen molar-refractivity contribution in [3.8, 4) is 0 Å². The van der Waals surface area contributed by atoms with Gasteiger partial charge in [0.2, 0.25) is 5.91 Å². The van der Waals surface area contributed by atoms with Crippen LogP contribution in [-0.4, -0.2) is 43.6 Å². The largest absolute Gasteiger partial charge is 0.348 e. The van der Waals surface area contributed by atoms with Crippen molar-refractivity contribution in [2.45, 2.75) is 31.7 Å². The minimum atomic E-state index is 0.165. The number of piperidine rings is 1. The Morgan fingerprint density at radius 3 is 3.14 bits per heavy atom. The van der Waals surface area contributed by atoms with Crippen molar-refractivity contribution in [1.29, 1.82) is 0 Å². The Hall–Kier alpha value is -1.82. The Morgan fingerprint density at radius 2 is 2.43 bits per heavy atom. The van der Waals surface area contributed by atoms with Crippen molar-refractivity contribution in [2.24, 2.45) is 0 Å². The normalized spacial score (nSPS) is 18.9. The lowest BCUT2D eigenvalue weighted by Crippen LogP contribution is -2.39. The number of carbonyl (C=O) groups is 1. The van der Waals surface area contributed by atoms with E-state index in [1.54, 1.807) is 23.3 Å². The summed E-state index contributed by atoms with van der Waals surface area (Å²) in [6.07, 6.45) is 9.45. The highest BCUT2D eigenvalue weighted by Gasteiger charge is 2.25.